The van der Waals surface area contributed by atoms with Crippen LogP contribution in [-0.4, -0.2) is 24.0 Å². The molecule has 0 fully saturated rings. The van der Waals surface area contributed by atoms with Crippen LogP contribution in [0.25, 0.3) is 0 Å². The Kier molecular flexibility index (Phi) is 5.96. The molecule has 0 aliphatic carbocycles. The maximum absolute atomic E-state index is 12.9. The number of hydrogen-bond acceptors (Lipinski definition) is 5. The molecule has 28 heavy (non-hydrogen) atoms. The van der Waals surface area contributed by atoms with Crippen molar-refractivity contribution >= 4 is 23.3 Å². The molecule has 3 aromatic rings. The highest BCUT2D eigenvalue weighted by molar-refractivity contribution is 6.07. The first-order valence-corrected chi connectivity index (χ1v) is 8.50. The van der Waals surface area contributed by atoms with E-state index in [1.807, 2.05) is 0 Å². The zero-order chi connectivity index (χ0) is 19.9. The highest BCUT2D eigenvalue weighted by Crippen LogP contribution is 2.17. The molecule has 2 N–H and O–H groups in total. The molecule has 142 valence electrons. The van der Waals surface area contributed by atoms with Gasteiger partial charge in [0.15, 0.2) is 0 Å². The van der Waals surface area contributed by atoms with Crippen LogP contribution < -0.4 is 10.6 Å². The number of aromatic nitrogens is 1. The van der Waals surface area contributed by atoms with Crippen LogP contribution in [0, 0.1) is 5.82 Å². The first kappa shape index (κ1) is 19.0. The van der Waals surface area contributed by atoms with Gasteiger partial charge in [-0.3, -0.25) is 4.79 Å². The van der Waals surface area contributed by atoms with Crippen molar-refractivity contribution in [2.45, 2.75) is 6.54 Å². The van der Waals surface area contributed by atoms with Crippen molar-refractivity contribution in [1.82, 2.24) is 4.98 Å². The minimum absolute atomic E-state index is 0.201. The molecule has 0 bridgehead atoms. The van der Waals surface area contributed by atoms with E-state index in [1.165, 1.54) is 25.4 Å². The van der Waals surface area contributed by atoms with E-state index in [0.29, 0.717) is 12.2 Å². The molecule has 0 aliphatic heterocycles. The van der Waals surface area contributed by atoms with E-state index >= 15 is 0 Å². The Labute approximate surface area is 161 Å². The summed E-state index contributed by atoms with van der Waals surface area (Å²) in [6.45, 7) is 0.500. The molecule has 1 amide bonds. The predicted octanol–water partition coefficient (Wildman–Crippen LogP) is 3.87. The number of ether oxygens (including phenoxy) is 1. The molecular formula is C21H18FN3O3. The molecule has 0 saturated heterocycles. The van der Waals surface area contributed by atoms with Gasteiger partial charge < -0.3 is 15.4 Å². The number of carbonyl (C=O) groups is 2. The Balaban J connectivity index is 1.64. The highest BCUT2D eigenvalue weighted by Gasteiger charge is 2.14. The molecule has 6 nitrogen and oxygen atoms in total. The molecule has 1 aromatic heterocycles. The molecule has 0 spiro atoms. The molecule has 0 unspecified atom stereocenters. The van der Waals surface area contributed by atoms with Gasteiger partial charge in [-0.15, -0.1) is 0 Å². The van der Waals surface area contributed by atoms with Crippen molar-refractivity contribution in [3.63, 3.8) is 0 Å². The fraction of sp³-hybridized carbons (Fsp3) is 0.0952. The van der Waals surface area contributed by atoms with Gasteiger partial charge in [-0.2, -0.15) is 0 Å². The van der Waals surface area contributed by atoms with Crippen molar-refractivity contribution in [3.05, 3.63) is 89.5 Å². The molecule has 0 atom stereocenters. The number of carbonyl (C=O) groups excluding carboxylic acids is 2. The minimum Gasteiger partial charge on any atom is -0.465 e. The number of pyridine rings is 1. The van der Waals surface area contributed by atoms with Crippen LogP contribution in [0.15, 0.2) is 66.9 Å². The lowest BCUT2D eigenvalue weighted by atomic mass is 10.1. The van der Waals surface area contributed by atoms with E-state index in [1.54, 1.807) is 48.5 Å². The second-order valence-electron chi connectivity index (χ2n) is 5.90. The van der Waals surface area contributed by atoms with Crippen LogP contribution in [0.2, 0.25) is 0 Å². The molecule has 3 rings (SSSR count). The van der Waals surface area contributed by atoms with Crippen molar-refractivity contribution in [2.24, 2.45) is 0 Å². The minimum atomic E-state index is -0.538. The second kappa shape index (κ2) is 8.77. The summed E-state index contributed by atoms with van der Waals surface area (Å²) >= 11 is 0. The third-order valence-electron chi connectivity index (χ3n) is 3.99. The number of nitrogens with zero attached hydrogens (tertiary/aromatic N) is 1. The standard InChI is InChI=1S/C21H18FN3O3/c1-28-21(27)17-4-2-3-5-18(17)25-20(26)19-11-10-16(13-24-19)23-12-14-6-8-15(22)9-7-14/h2-11,13,23H,12H2,1H3,(H,25,26). The number of benzene rings is 2. The number of para-hydroxylation sites is 1. The Hall–Kier alpha value is -3.74. The number of halogens is 1. The summed E-state index contributed by atoms with van der Waals surface area (Å²) in [6.07, 6.45) is 1.53. The van der Waals surface area contributed by atoms with E-state index in [9.17, 15) is 14.0 Å². The number of rotatable bonds is 6. The number of amides is 1. The summed E-state index contributed by atoms with van der Waals surface area (Å²) in [4.78, 5) is 28.3. The van der Waals surface area contributed by atoms with Gasteiger partial charge in [0.1, 0.15) is 11.5 Å². The third-order valence-corrected chi connectivity index (χ3v) is 3.99. The van der Waals surface area contributed by atoms with Gasteiger partial charge in [-0.05, 0) is 42.0 Å². The Morgan fingerprint density at radius 2 is 1.79 bits per heavy atom. The summed E-state index contributed by atoms with van der Waals surface area (Å²) in [5, 5.41) is 5.82. The van der Waals surface area contributed by atoms with Crippen LogP contribution in [-0.2, 0) is 11.3 Å². The number of hydrogen-bond donors (Lipinski definition) is 2. The smallest absolute Gasteiger partial charge is 0.339 e. The molecule has 2 aromatic carbocycles. The fourth-order valence-electron chi connectivity index (χ4n) is 2.51. The van der Waals surface area contributed by atoms with Gasteiger partial charge in [0.2, 0.25) is 0 Å². The molecule has 7 heteroatoms. The summed E-state index contributed by atoms with van der Waals surface area (Å²) in [7, 11) is 1.28. The van der Waals surface area contributed by atoms with E-state index in [4.69, 9.17) is 4.74 Å². The zero-order valence-corrected chi connectivity index (χ0v) is 15.1. The largest absolute Gasteiger partial charge is 0.465 e. The van der Waals surface area contributed by atoms with Crippen molar-refractivity contribution in [1.29, 1.82) is 0 Å². The van der Waals surface area contributed by atoms with E-state index < -0.39 is 11.9 Å². The first-order valence-electron chi connectivity index (χ1n) is 8.50. The Bertz CT molecular complexity index is 973. The first-order chi connectivity index (χ1) is 13.6. The fourth-order valence-corrected chi connectivity index (χ4v) is 2.51. The van der Waals surface area contributed by atoms with Crippen molar-refractivity contribution in [3.8, 4) is 0 Å². The summed E-state index contributed by atoms with van der Waals surface area (Å²) < 4.78 is 17.6. The molecule has 0 aliphatic rings. The van der Waals surface area contributed by atoms with Crippen LogP contribution >= 0.6 is 0 Å². The average Bonchev–Trinajstić information content (AvgIpc) is 2.73. The summed E-state index contributed by atoms with van der Waals surface area (Å²) in [6, 6.07) is 16.0. The molecule has 1 heterocycles. The molecule has 0 saturated carbocycles. The van der Waals surface area contributed by atoms with Gasteiger partial charge in [-0.1, -0.05) is 24.3 Å². The topological polar surface area (TPSA) is 80.3 Å². The van der Waals surface area contributed by atoms with Crippen LogP contribution in [0.1, 0.15) is 26.4 Å². The second-order valence-corrected chi connectivity index (χ2v) is 5.90. The monoisotopic (exact) mass is 379 g/mol. The number of methoxy groups -OCH3 is 1. The van der Waals surface area contributed by atoms with Crippen molar-refractivity contribution < 1.29 is 18.7 Å². The molecule has 0 radical (unpaired) electrons. The summed E-state index contributed by atoms with van der Waals surface area (Å²) in [5.41, 5.74) is 2.45. The van der Waals surface area contributed by atoms with Crippen LogP contribution in [0.3, 0.4) is 0 Å². The maximum Gasteiger partial charge on any atom is 0.339 e. The van der Waals surface area contributed by atoms with E-state index in [0.717, 1.165) is 11.3 Å². The average molecular weight is 379 g/mol. The van der Waals surface area contributed by atoms with Gasteiger partial charge in [-0.25, -0.2) is 14.2 Å². The number of nitrogens with one attached hydrogen (secondary N) is 2. The van der Waals surface area contributed by atoms with Crippen LogP contribution in [0.4, 0.5) is 15.8 Å². The third kappa shape index (κ3) is 4.70. The number of anilines is 2. The lowest BCUT2D eigenvalue weighted by molar-refractivity contribution is 0.0602. The van der Waals surface area contributed by atoms with Gasteiger partial charge in [0.05, 0.1) is 30.2 Å². The predicted molar refractivity (Wildman–Crippen MR) is 104 cm³/mol. The lowest BCUT2D eigenvalue weighted by Gasteiger charge is -2.10. The number of esters is 1. The normalized spacial score (nSPS) is 10.2. The van der Waals surface area contributed by atoms with Gasteiger partial charge in [0, 0.05) is 6.54 Å². The zero-order valence-electron chi connectivity index (χ0n) is 15.1. The van der Waals surface area contributed by atoms with E-state index in [2.05, 4.69) is 15.6 Å². The quantitative estimate of drug-likeness (QED) is 0.636. The SMILES string of the molecule is COC(=O)c1ccccc1NC(=O)c1ccc(NCc2ccc(F)cc2)cn1. The Morgan fingerprint density at radius 1 is 1.04 bits per heavy atom. The Morgan fingerprint density at radius 3 is 2.46 bits per heavy atom. The summed E-state index contributed by atoms with van der Waals surface area (Å²) in [5.74, 6) is -1.26. The lowest BCUT2D eigenvalue weighted by Crippen LogP contribution is -2.16. The van der Waals surface area contributed by atoms with Crippen LogP contribution in [0.5, 0.6) is 0 Å². The van der Waals surface area contributed by atoms with E-state index in [-0.39, 0.29) is 17.1 Å². The van der Waals surface area contributed by atoms with Crippen molar-refractivity contribution in [2.75, 3.05) is 17.7 Å². The maximum atomic E-state index is 12.9. The molecular weight excluding hydrogens is 361 g/mol. The van der Waals surface area contributed by atoms with Gasteiger partial charge in [0.25, 0.3) is 5.91 Å². The highest BCUT2D eigenvalue weighted by atomic mass is 19.1. The van der Waals surface area contributed by atoms with Gasteiger partial charge >= 0.3 is 5.97 Å².